The van der Waals surface area contributed by atoms with Gasteiger partial charge in [-0.1, -0.05) is 37.3 Å². The molecule has 1 heterocycles. The molecule has 0 aliphatic carbocycles. The molecule has 0 atom stereocenters. The quantitative estimate of drug-likeness (QED) is 0.622. The van der Waals surface area contributed by atoms with Crippen molar-refractivity contribution >= 4 is 28.8 Å². The van der Waals surface area contributed by atoms with Crippen LogP contribution in [0, 0.1) is 5.82 Å². The minimum absolute atomic E-state index is 0.286. The second-order valence-electron chi connectivity index (χ2n) is 6.13. The van der Waals surface area contributed by atoms with E-state index in [0.717, 1.165) is 22.7 Å². The van der Waals surface area contributed by atoms with Crippen LogP contribution in [0.15, 0.2) is 53.9 Å². The molecule has 0 fully saturated rings. The van der Waals surface area contributed by atoms with Crippen LogP contribution in [-0.2, 0) is 22.4 Å². The fourth-order valence-corrected chi connectivity index (χ4v) is 3.54. The van der Waals surface area contributed by atoms with Crippen molar-refractivity contribution in [1.82, 2.24) is 10.3 Å². The van der Waals surface area contributed by atoms with Gasteiger partial charge >= 0.3 is 11.8 Å². The number of nitrogens with one attached hydrogen (secondary N) is 2. The number of hydrogen-bond acceptors (Lipinski definition) is 4. The Bertz CT molecular complexity index is 987. The third kappa shape index (κ3) is 5.01. The van der Waals surface area contributed by atoms with Crippen molar-refractivity contribution < 1.29 is 14.0 Å². The number of nitrogens with zero attached hydrogens (tertiary/aromatic N) is 1. The molecular formula is C21H20FN3O2S. The average molecular weight is 397 g/mol. The zero-order valence-electron chi connectivity index (χ0n) is 15.4. The Morgan fingerprint density at radius 2 is 1.93 bits per heavy atom. The number of aromatic nitrogens is 1. The molecule has 0 bridgehead atoms. The van der Waals surface area contributed by atoms with Crippen LogP contribution in [0.5, 0.6) is 0 Å². The molecule has 144 valence electrons. The lowest BCUT2D eigenvalue weighted by molar-refractivity contribution is -0.136. The molecule has 0 spiro atoms. The van der Waals surface area contributed by atoms with Crippen molar-refractivity contribution in [3.8, 4) is 10.6 Å². The van der Waals surface area contributed by atoms with Gasteiger partial charge in [-0.25, -0.2) is 9.37 Å². The molecule has 1 aromatic heterocycles. The predicted octanol–water partition coefficient (Wildman–Crippen LogP) is 3.81. The minimum Gasteiger partial charge on any atom is -0.347 e. The number of rotatable bonds is 6. The smallest absolute Gasteiger partial charge is 0.313 e. The number of benzene rings is 2. The topological polar surface area (TPSA) is 71.1 Å². The molecule has 0 saturated heterocycles. The lowest BCUT2D eigenvalue weighted by Crippen LogP contribution is -2.36. The van der Waals surface area contributed by atoms with Gasteiger partial charge in [0.05, 0.1) is 5.69 Å². The summed E-state index contributed by atoms with van der Waals surface area (Å²) in [6, 6.07) is 13.6. The van der Waals surface area contributed by atoms with Crippen LogP contribution in [0.3, 0.4) is 0 Å². The maximum atomic E-state index is 13.3. The van der Waals surface area contributed by atoms with Gasteiger partial charge in [-0.05, 0) is 30.2 Å². The SMILES string of the molecule is CCc1ccccc1NC(=O)C(=O)NCCc1csc(-c2cccc(F)c2)n1. The van der Waals surface area contributed by atoms with Crippen molar-refractivity contribution in [3.63, 3.8) is 0 Å². The summed E-state index contributed by atoms with van der Waals surface area (Å²) in [7, 11) is 0. The summed E-state index contributed by atoms with van der Waals surface area (Å²) in [5, 5.41) is 7.82. The molecule has 2 N–H and O–H groups in total. The van der Waals surface area contributed by atoms with Gasteiger partial charge < -0.3 is 10.6 Å². The van der Waals surface area contributed by atoms with E-state index in [1.165, 1.54) is 23.5 Å². The Labute approximate surface area is 166 Å². The third-order valence-corrected chi connectivity index (χ3v) is 5.08. The maximum Gasteiger partial charge on any atom is 0.313 e. The van der Waals surface area contributed by atoms with Gasteiger partial charge in [-0.2, -0.15) is 0 Å². The summed E-state index contributed by atoms with van der Waals surface area (Å²) < 4.78 is 13.3. The van der Waals surface area contributed by atoms with E-state index >= 15 is 0 Å². The molecule has 0 radical (unpaired) electrons. The summed E-state index contributed by atoms with van der Waals surface area (Å²) in [5.41, 5.74) is 3.11. The van der Waals surface area contributed by atoms with Gasteiger partial charge in [0.25, 0.3) is 0 Å². The Balaban J connectivity index is 1.51. The van der Waals surface area contributed by atoms with Crippen molar-refractivity contribution in [2.24, 2.45) is 0 Å². The van der Waals surface area contributed by atoms with Crippen molar-refractivity contribution in [1.29, 1.82) is 0 Å². The first-order valence-electron chi connectivity index (χ1n) is 8.94. The summed E-state index contributed by atoms with van der Waals surface area (Å²) in [6.07, 6.45) is 1.24. The van der Waals surface area contributed by atoms with E-state index in [2.05, 4.69) is 15.6 Å². The highest BCUT2D eigenvalue weighted by molar-refractivity contribution is 7.13. The van der Waals surface area contributed by atoms with Crippen LogP contribution in [0.2, 0.25) is 0 Å². The van der Waals surface area contributed by atoms with Crippen LogP contribution in [0.4, 0.5) is 10.1 Å². The number of thiazole rings is 1. The molecule has 3 rings (SSSR count). The van der Waals surface area contributed by atoms with Gasteiger partial charge in [0.15, 0.2) is 0 Å². The summed E-state index contributed by atoms with van der Waals surface area (Å²) in [4.78, 5) is 28.5. The maximum absolute atomic E-state index is 13.3. The van der Waals surface area contributed by atoms with Crippen LogP contribution in [0.1, 0.15) is 18.2 Å². The Kier molecular flexibility index (Phi) is 6.49. The van der Waals surface area contributed by atoms with Gasteiger partial charge in [0, 0.05) is 29.6 Å². The highest BCUT2D eigenvalue weighted by atomic mass is 32.1. The summed E-state index contributed by atoms with van der Waals surface area (Å²) in [5.74, 6) is -1.69. The zero-order valence-corrected chi connectivity index (χ0v) is 16.2. The summed E-state index contributed by atoms with van der Waals surface area (Å²) in [6.45, 7) is 2.27. The van der Waals surface area contributed by atoms with Gasteiger partial charge in [-0.15, -0.1) is 11.3 Å². The fourth-order valence-electron chi connectivity index (χ4n) is 2.69. The summed E-state index contributed by atoms with van der Waals surface area (Å²) >= 11 is 1.41. The normalized spacial score (nSPS) is 10.5. The van der Waals surface area contributed by atoms with E-state index in [-0.39, 0.29) is 12.4 Å². The number of para-hydroxylation sites is 1. The molecule has 0 aliphatic heterocycles. The highest BCUT2D eigenvalue weighted by Crippen LogP contribution is 2.24. The van der Waals surface area contributed by atoms with E-state index in [1.54, 1.807) is 18.2 Å². The van der Waals surface area contributed by atoms with E-state index in [0.29, 0.717) is 17.7 Å². The third-order valence-electron chi connectivity index (χ3n) is 4.14. The lowest BCUT2D eigenvalue weighted by atomic mass is 10.1. The van der Waals surface area contributed by atoms with Crippen LogP contribution >= 0.6 is 11.3 Å². The van der Waals surface area contributed by atoms with E-state index < -0.39 is 11.8 Å². The number of hydrogen-bond donors (Lipinski definition) is 2. The molecule has 7 heteroatoms. The van der Waals surface area contributed by atoms with E-state index in [4.69, 9.17) is 0 Å². The zero-order chi connectivity index (χ0) is 19.9. The number of carbonyl (C=O) groups excluding carboxylic acids is 2. The lowest BCUT2D eigenvalue weighted by Gasteiger charge is -2.09. The number of amides is 2. The molecular weight excluding hydrogens is 377 g/mol. The monoisotopic (exact) mass is 397 g/mol. The fraction of sp³-hybridized carbons (Fsp3) is 0.190. The largest absolute Gasteiger partial charge is 0.347 e. The standard InChI is InChI=1S/C21H20FN3O2S/c1-2-14-6-3-4-9-18(14)25-20(27)19(26)23-11-10-17-13-28-21(24-17)15-7-5-8-16(22)12-15/h3-9,12-13H,2,10-11H2,1H3,(H,23,26)(H,25,27). The second-order valence-corrected chi connectivity index (χ2v) is 6.98. The van der Waals surface area contributed by atoms with Gasteiger partial charge in [-0.3, -0.25) is 9.59 Å². The van der Waals surface area contributed by atoms with Crippen LogP contribution in [-0.4, -0.2) is 23.3 Å². The van der Waals surface area contributed by atoms with E-state index in [9.17, 15) is 14.0 Å². The number of halogens is 1. The predicted molar refractivity (Wildman–Crippen MR) is 109 cm³/mol. The molecule has 0 saturated carbocycles. The highest BCUT2D eigenvalue weighted by Gasteiger charge is 2.15. The molecule has 28 heavy (non-hydrogen) atoms. The minimum atomic E-state index is -0.695. The number of carbonyl (C=O) groups is 2. The molecule has 2 aromatic carbocycles. The van der Waals surface area contributed by atoms with Crippen LogP contribution in [0.25, 0.3) is 10.6 Å². The first-order chi connectivity index (χ1) is 13.6. The van der Waals surface area contributed by atoms with Crippen molar-refractivity contribution in [3.05, 3.63) is 71.0 Å². The van der Waals surface area contributed by atoms with Crippen LogP contribution < -0.4 is 10.6 Å². The Morgan fingerprint density at radius 3 is 2.71 bits per heavy atom. The van der Waals surface area contributed by atoms with Gasteiger partial charge in [0.1, 0.15) is 10.8 Å². The molecule has 2 amide bonds. The Hall–Kier alpha value is -3.06. The van der Waals surface area contributed by atoms with Crippen molar-refractivity contribution in [2.75, 3.05) is 11.9 Å². The second kappa shape index (κ2) is 9.23. The molecule has 3 aromatic rings. The Morgan fingerprint density at radius 1 is 1.11 bits per heavy atom. The van der Waals surface area contributed by atoms with Gasteiger partial charge in [0.2, 0.25) is 0 Å². The molecule has 5 nitrogen and oxygen atoms in total. The first-order valence-corrected chi connectivity index (χ1v) is 9.82. The molecule has 0 aliphatic rings. The average Bonchev–Trinajstić information content (AvgIpc) is 3.17. The van der Waals surface area contributed by atoms with E-state index in [1.807, 2.05) is 30.5 Å². The van der Waals surface area contributed by atoms with Crippen molar-refractivity contribution in [2.45, 2.75) is 19.8 Å². The number of anilines is 1. The first kappa shape index (κ1) is 19.7. The molecule has 0 unspecified atom stereocenters. The number of aryl methyl sites for hydroxylation is 1.